The number of carbonyl (C=O) groups excluding carboxylic acids is 1. The molecule has 0 spiro atoms. The van der Waals surface area contributed by atoms with Crippen LogP contribution in [0, 0.1) is 0 Å². The van der Waals surface area contributed by atoms with E-state index in [0.717, 1.165) is 17.9 Å². The molecule has 1 N–H and O–H groups in total. The van der Waals surface area contributed by atoms with Crippen LogP contribution >= 0.6 is 0 Å². The molecule has 0 aromatic heterocycles. The molecule has 1 aromatic rings. The van der Waals surface area contributed by atoms with Crippen LogP contribution in [-0.4, -0.2) is 12.5 Å². The van der Waals surface area contributed by atoms with Gasteiger partial charge in [-0.1, -0.05) is 19.1 Å². The van der Waals surface area contributed by atoms with Gasteiger partial charge in [-0.15, -0.1) is 0 Å². The minimum absolute atomic E-state index is 0.129. The molecule has 86 valence electrons. The first-order valence-corrected chi connectivity index (χ1v) is 5.42. The van der Waals surface area contributed by atoms with E-state index in [2.05, 4.69) is 12.2 Å². The Hall–Kier alpha value is -1.77. The van der Waals surface area contributed by atoms with Crippen LogP contribution in [-0.2, 0) is 4.79 Å². The Labute approximate surface area is 96.1 Å². The van der Waals surface area contributed by atoms with Crippen molar-refractivity contribution < 1.29 is 9.53 Å². The number of amides is 1. The minimum Gasteiger partial charge on any atom is -0.494 e. The van der Waals surface area contributed by atoms with E-state index in [0.29, 0.717) is 6.61 Å². The summed E-state index contributed by atoms with van der Waals surface area (Å²) in [5.41, 5.74) is 0.747. The number of carbonyl (C=O) groups is 1. The van der Waals surface area contributed by atoms with Crippen LogP contribution in [0.5, 0.6) is 5.75 Å². The molecule has 3 nitrogen and oxygen atoms in total. The molecule has 0 heterocycles. The Morgan fingerprint density at radius 1 is 1.50 bits per heavy atom. The largest absolute Gasteiger partial charge is 0.494 e. The van der Waals surface area contributed by atoms with Crippen molar-refractivity contribution in [1.29, 1.82) is 0 Å². The second-order valence-corrected chi connectivity index (χ2v) is 3.37. The van der Waals surface area contributed by atoms with Crippen LogP contribution in [0.25, 0.3) is 0 Å². The molecule has 0 saturated carbocycles. The molecule has 1 aromatic carbocycles. The number of benzene rings is 1. The fourth-order valence-corrected chi connectivity index (χ4v) is 1.22. The topological polar surface area (TPSA) is 38.3 Å². The summed E-state index contributed by atoms with van der Waals surface area (Å²) in [7, 11) is 0. The third kappa shape index (κ3) is 4.17. The average Bonchev–Trinajstić information content (AvgIpc) is 2.27. The lowest BCUT2D eigenvalue weighted by Crippen LogP contribution is -2.07. The highest BCUT2D eigenvalue weighted by Gasteiger charge is 1.99. The molecule has 0 saturated heterocycles. The minimum atomic E-state index is -0.129. The molecule has 1 amide bonds. The monoisotopic (exact) mass is 219 g/mol. The number of hydrogen-bond donors (Lipinski definition) is 1. The van der Waals surface area contributed by atoms with Gasteiger partial charge >= 0.3 is 0 Å². The van der Waals surface area contributed by atoms with Crippen molar-refractivity contribution in [3.05, 3.63) is 36.4 Å². The van der Waals surface area contributed by atoms with Crippen LogP contribution in [0.2, 0.25) is 0 Å². The van der Waals surface area contributed by atoms with Crippen LogP contribution in [0.15, 0.2) is 36.4 Å². The lowest BCUT2D eigenvalue weighted by Gasteiger charge is -2.07. The van der Waals surface area contributed by atoms with Crippen molar-refractivity contribution in [2.45, 2.75) is 20.3 Å². The Morgan fingerprint density at radius 3 is 3.00 bits per heavy atom. The molecule has 0 aliphatic rings. The van der Waals surface area contributed by atoms with E-state index in [1.807, 2.05) is 24.3 Å². The van der Waals surface area contributed by atoms with Gasteiger partial charge in [-0.25, -0.2) is 0 Å². The fourth-order valence-electron chi connectivity index (χ4n) is 1.22. The molecule has 0 radical (unpaired) electrons. The summed E-state index contributed by atoms with van der Waals surface area (Å²) in [5, 5.41) is 2.75. The normalized spacial score (nSPS) is 10.4. The maximum absolute atomic E-state index is 11.3. The predicted octanol–water partition coefficient (Wildman–Crippen LogP) is 2.99. The number of hydrogen-bond acceptors (Lipinski definition) is 2. The molecule has 1 rings (SSSR count). The van der Waals surface area contributed by atoms with Gasteiger partial charge in [0.1, 0.15) is 5.75 Å². The highest BCUT2D eigenvalue weighted by Crippen LogP contribution is 2.17. The van der Waals surface area contributed by atoms with E-state index < -0.39 is 0 Å². The van der Waals surface area contributed by atoms with Gasteiger partial charge in [0.15, 0.2) is 0 Å². The van der Waals surface area contributed by atoms with Crippen molar-refractivity contribution in [3.8, 4) is 5.75 Å². The lowest BCUT2D eigenvalue weighted by molar-refractivity contribution is -0.111. The fraction of sp³-hybridized carbons (Fsp3) is 0.308. The molecular formula is C13H17NO2. The van der Waals surface area contributed by atoms with Gasteiger partial charge in [-0.3, -0.25) is 4.79 Å². The summed E-state index contributed by atoms with van der Waals surface area (Å²) >= 11 is 0. The molecule has 16 heavy (non-hydrogen) atoms. The van der Waals surface area contributed by atoms with E-state index >= 15 is 0 Å². The Kier molecular flexibility index (Phi) is 5.12. The highest BCUT2D eigenvalue weighted by molar-refractivity contribution is 5.99. The highest BCUT2D eigenvalue weighted by atomic mass is 16.5. The lowest BCUT2D eigenvalue weighted by atomic mass is 10.3. The molecule has 0 atom stereocenters. The molecule has 0 bridgehead atoms. The maximum atomic E-state index is 11.3. The Bertz CT molecular complexity index is 372. The van der Waals surface area contributed by atoms with Crippen LogP contribution < -0.4 is 10.1 Å². The van der Waals surface area contributed by atoms with Crippen molar-refractivity contribution in [2.75, 3.05) is 11.9 Å². The summed E-state index contributed by atoms with van der Waals surface area (Å²) in [6.45, 7) is 4.55. The molecule has 0 unspecified atom stereocenters. The third-order valence-corrected chi connectivity index (χ3v) is 1.89. The Morgan fingerprint density at radius 2 is 2.31 bits per heavy atom. The van der Waals surface area contributed by atoms with E-state index in [-0.39, 0.29) is 5.91 Å². The van der Waals surface area contributed by atoms with E-state index in [9.17, 15) is 4.79 Å². The van der Waals surface area contributed by atoms with Crippen molar-refractivity contribution in [1.82, 2.24) is 0 Å². The van der Waals surface area contributed by atoms with Gasteiger partial charge < -0.3 is 10.1 Å². The summed E-state index contributed by atoms with van der Waals surface area (Å²) < 4.78 is 5.47. The number of ether oxygens (including phenoxy) is 1. The predicted molar refractivity (Wildman–Crippen MR) is 65.7 cm³/mol. The van der Waals surface area contributed by atoms with Crippen molar-refractivity contribution in [3.63, 3.8) is 0 Å². The third-order valence-electron chi connectivity index (χ3n) is 1.89. The second kappa shape index (κ2) is 6.67. The molecule has 3 heteroatoms. The smallest absolute Gasteiger partial charge is 0.248 e. The standard InChI is InChI=1S/C13H17NO2/c1-3-6-13(15)14-11-7-5-8-12(10-11)16-9-4-2/h3,5-8,10H,4,9H2,1-2H3,(H,14,15). The van der Waals surface area contributed by atoms with Gasteiger partial charge in [0, 0.05) is 11.8 Å². The maximum Gasteiger partial charge on any atom is 0.248 e. The van der Waals surface area contributed by atoms with Crippen molar-refractivity contribution >= 4 is 11.6 Å². The van der Waals surface area contributed by atoms with Gasteiger partial charge in [-0.2, -0.15) is 0 Å². The quantitative estimate of drug-likeness (QED) is 0.773. The summed E-state index contributed by atoms with van der Waals surface area (Å²) in [5.74, 6) is 0.648. The number of nitrogens with one attached hydrogen (secondary N) is 1. The zero-order chi connectivity index (χ0) is 11.8. The van der Waals surface area contributed by atoms with Gasteiger partial charge in [0.25, 0.3) is 0 Å². The van der Waals surface area contributed by atoms with Crippen LogP contribution in [0.4, 0.5) is 5.69 Å². The van der Waals surface area contributed by atoms with E-state index in [1.165, 1.54) is 6.08 Å². The Balaban J connectivity index is 2.63. The summed E-state index contributed by atoms with van der Waals surface area (Å²) in [6, 6.07) is 7.38. The SMILES string of the molecule is CC=CC(=O)Nc1cccc(OCCC)c1. The average molecular weight is 219 g/mol. The van der Waals surface area contributed by atoms with E-state index in [1.54, 1.807) is 13.0 Å². The second-order valence-electron chi connectivity index (χ2n) is 3.37. The van der Waals surface area contributed by atoms with Crippen LogP contribution in [0.3, 0.4) is 0 Å². The number of anilines is 1. The summed E-state index contributed by atoms with van der Waals surface area (Å²) in [4.78, 5) is 11.3. The van der Waals surface area contributed by atoms with Gasteiger partial charge in [0.05, 0.1) is 6.61 Å². The van der Waals surface area contributed by atoms with Crippen molar-refractivity contribution in [2.24, 2.45) is 0 Å². The van der Waals surface area contributed by atoms with Crippen LogP contribution in [0.1, 0.15) is 20.3 Å². The number of rotatable bonds is 5. The first-order chi connectivity index (χ1) is 7.76. The van der Waals surface area contributed by atoms with Gasteiger partial charge in [-0.05, 0) is 31.6 Å². The molecular weight excluding hydrogens is 202 g/mol. The summed E-state index contributed by atoms with van der Waals surface area (Å²) in [6.07, 6.45) is 4.15. The molecule has 0 aliphatic heterocycles. The molecule has 0 fully saturated rings. The zero-order valence-corrected chi connectivity index (χ0v) is 9.69. The zero-order valence-electron chi connectivity index (χ0n) is 9.69. The number of allylic oxidation sites excluding steroid dienone is 1. The first kappa shape index (κ1) is 12.3. The molecule has 0 aliphatic carbocycles. The first-order valence-electron chi connectivity index (χ1n) is 5.42. The van der Waals surface area contributed by atoms with E-state index in [4.69, 9.17) is 4.74 Å². The van der Waals surface area contributed by atoms with Gasteiger partial charge in [0.2, 0.25) is 5.91 Å².